The fourth-order valence-corrected chi connectivity index (χ4v) is 3.67. The highest BCUT2D eigenvalue weighted by Gasteiger charge is 2.26. The number of rotatable bonds is 11. The molecule has 9 heteroatoms. The topological polar surface area (TPSA) is 113 Å². The van der Waals surface area contributed by atoms with Crippen LogP contribution in [0.4, 0.5) is 5.69 Å². The molecule has 0 atom stereocenters. The highest BCUT2D eigenvalue weighted by molar-refractivity contribution is 7.87. The Balaban J connectivity index is 2.51. The van der Waals surface area contributed by atoms with Crippen LogP contribution < -0.4 is 8.92 Å². The molecule has 8 nitrogen and oxygen atoms in total. The zero-order valence-corrected chi connectivity index (χ0v) is 17.6. The zero-order chi connectivity index (χ0) is 22.1. The van der Waals surface area contributed by atoms with Crippen LogP contribution in [-0.2, 0) is 14.9 Å². The van der Waals surface area contributed by atoms with Gasteiger partial charge in [0.05, 0.1) is 12.0 Å². The van der Waals surface area contributed by atoms with Gasteiger partial charge >= 0.3 is 10.1 Å². The molecule has 0 aliphatic carbocycles. The molecule has 0 spiro atoms. The first-order valence-corrected chi connectivity index (χ1v) is 10.8. The molecule has 0 amide bonds. The summed E-state index contributed by atoms with van der Waals surface area (Å²) in [4.78, 5) is 22.8. The second-order valence-electron chi connectivity index (χ2n) is 6.39. The highest BCUT2D eigenvalue weighted by atomic mass is 32.2. The van der Waals surface area contributed by atoms with Crippen LogP contribution in [0.5, 0.6) is 11.5 Å². The number of hydrogen-bond donors (Lipinski definition) is 0. The van der Waals surface area contributed by atoms with Crippen molar-refractivity contribution >= 4 is 27.7 Å². The van der Waals surface area contributed by atoms with E-state index in [1.54, 1.807) is 6.07 Å². The fourth-order valence-electron chi connectivity index (χ4n) is 2.69. The second-order valence-corrected chi connectivity index (χ2v) is 7.94. The minimum absolute atomic E-state index is 0.0156. The molecule has 0 aliphatic rings. The number of methoxy groups -OCH3 is 1. The van der Waals surface area contributed by atoms with E-state index in [2.05, 4.69) is 0 Å². The highest BCUT2D eigenvalue weighted by Crippen LogP contribution is 2.40. The number of benzene rings is 2. The quantitative estimate of drug-likeness (QED) is 0.168. The van der Waals surface area contributed by atoms with Gasteiger partial charge in [-0.3, -0.25) is 14.9 Å². The number of allylic oxidation sites excluding steroid dienone is 1. The van der Waals surface area contributed by atoms with Gasteiger partial charge < -0.3 is 8.92 Å². The van der Waals surface area contributed by atoms with E-state index in [9.17, 15) is 23.3 Å². The minimum Gasteiger partial charge on any atom is -0.493 e. The maximum Gasteiger partial charge on any atom is 0.339 e. The molecule has 0 aromatic heterocycles. The van der Waals surface area contributed by atoms with E-state index in [0.29, 0.717) is 12.8 Å². The van der Waals surface area contributed by atoms with E-state index in [1.165, 1.54) is 55.7 Å². The maximum absolute atomic E-state index is 12.7. The van der Waals surface area contributed by atoms with Crippen LogP contribution in [0.3, 0.4) is 0 Å². The fraction of sp³-hybridized carbons (Fsp3) is 0.286. The molecule has 0 N–H and O–H groups in total. The lowest BCUT2D eigenvalue weighted by atomic mass is 10.1. The van der Waals surface area contributed by atoms with Gasteiger partial charge in [0.2, 0.25) is 0 Å². The number of carbonyl (C=O) groups excluding carboxylic acids is 1. The van der Waals surface area contributed by atoms with Gasteiger partial charge in [-0.05, 0) is 36.8 Å². The van der Waals surface area contributed by atoms with Crippen molar-refractivity contribution in [3.8, 4) is 11.5 Å². The van der Waals surface area contributed by atoms with Gasteiger partial charge in [-0.25, -0.2) is 0 Å². The Kier molecular flexibility index (Phi) is 8.11. The van der Waals surface area contributed by atoms with Gasteiger partial charge in [-0.15, -0.1) is 0 Å². The molecule has 30 heavy (non-hydrogen) atoms. The van der Waals surface area contributed by atoms with E-state index in [0.717, 1.165) is 12.8 Å². The molecule has 0 aliphatic heterocycles. The van der Waals surface area contributed by atoms with Crippen LogP contribution >= 0.6 is 0 Å². The predicted octanol–water partition coefficient (Wildman–Crippen LogP) is 4.53. The van der Waals surface area contributed by atoms with Gasteiger partial charge in [-0.2, -0.15) is 8.42 Å². The number of ketones is 1. The third kappa shape index (κ3) is 5.90. The van der Waals surface area contributed by atoms with E-state index in [-0.39, 0.29) is 27.7 Å². The van der Waals surface area contributed by atoms with Crippen LogP contribution in [0.1, 0.15) is 38.2 Å². The zero-order valence-electron chi connectivity index (χ0n) is 16.7. The van der Waals surface area contributed by atoms with Crippen molar-refractivity contribution in [3.63, 3.8) is 0 Å². The lowest BCUT2D eigenvalue weighted by molar-refractivity contribution is -0.385. The van der Waals surface area contributed by atoms with Crippen LogP contribution in [0.2, 0.25) is 0 Å². The number of nitrogens with zero attached hydrogens (tertiary/aromatic N) is 1. The maximum atomic E-state index is 12.7. The molecule has 0 fully saturated rings. The standard InChI is InChI=1S/C21H23NO7S/c1-3-4-6-9-16(23)12-13-18-19(22(24)25)14-15-20(28-2)21(18)29-30(26,27)17-10-7-5-8-11-17/h5,7-8,10-15H,3-4,6,9H2,1-2H3/b13-12+. The average Bonchev–Trinajstić information content (AvgIpc) is 2.73. The lowest BCUT2D eigenvalue weighted by Crippen LogP contribution is -2.12. The van der Waals surface area contributed by atoms with Crippen molar-refractivity contribution in [3.05, 3.63) is 64.2 Å². The Morgan fingerprint density at radius 3 is 2.43 bits per heavy atom. The normalized spacial score (nSPS) is 11.4. The molecule has 160 valence electrons. The number of carbonyl (C=O) groups is 1. The second kappa shape index (κ2) is 10.5. The molecule has 0 saturated carbocycles. The Morgan fingerprint density at radius 1 is 1.13 bits per heavy atom. The molecule has 0 unspecified atom stereocenters. The molecular weight excluding hydrogens is 410 g/mol. The van der Waals surface area contributed by atoms with Gasteiger partial charge in [0.15, 0.2) is 17.3 Å². The Bertz CT molecular complexity index is 1030. The molecular formula is C21H23NO7S. The summed E-state index contributed by atoms with van der Waals surface area (Å²) < 4.78 is 35.8. The predicted molar refractivity (Wildman–Crippen MR) is 112 cm³/mol. The average molecular weight is 433 g/mol. The van der Waals surface area contributed by atoms with Gasteiger partial charge in [0.25, 0.3) is 5.69 Å². The first-order valence-electron chi connectivity index (χ1n) is 9.36. The molecule has 0 radical (unpaired) electrons. The summed E-state index contributed by atoms with van der Waals surface area (Å²) in [5, 5.41) is 11.5. The van der Waals surface area contributed by atoms with Crippen molar-refractivity contribution in [1.29, 1.82) is 0 Å². The third-order valence-corrected chi connectivity index (χ3v) is 5.48. The van der Waals surface area contributed by atoms with Gasteiger partial charge in [0, 0.05) is 12.5 Å². The van der Waals surface area contributed by atoms with Crippen molar-refractivity contribution in [2.45, 2.75) is 37.5 Å². The van der Waals surface area contributed by atoms with Crippen molar-refractivity contribution in [1.82, 2.24) is 0 Å². The monoisotopic (exact) mass is 433 g/mol. The summed E-state index contributed by atoms with van der Waals surface area (Å²) in [6.07, 6.45) is 5.23. The molecule has 2 rings (SSSR count). The summed E-state index contributed by atoms with van der Waals surface area (Å²) in [7, 11) is -3.00. The molecule has 0 saturated heterocycles. The van der Waals surface area contributed by atoms with E-state index in [4.69, 9.17) is 8.92 Å². The largest absolute Gasteiger partial charge is 0.493 e. The summed E-state index contributed by atoms with van der Waals surface area (Å²) in [6.45, 7) is 2.01. The van der Waals surface area contributed by atoms with Crippen molar-refractivity contribution in [2.24, 2.45) is 0 Å². The van der Waals surface area contributed by atoms with Crippen LogP contribution in [0.25, 0.3) is 6.08 Å². The summed E-state index contributed by atoms with van der Waals surface area (Å²) in [6, 6.07) is 9.78. The van der Waals surface area contributed by atoms with Gasteiger partial charge in [0.1, 0.15) is 10.5 Å². The first-order chi connectivity index (χ1) is 14.3. The lowest BCUT2D eigenvalue weighted by Gasteiger charge is -2.13. The van der Waals surface area contributed by atoms with Crippen LogP contribution in [-0.4, -0.2) is 26.2 Å². The van der Waals surface area contributed by atoms with E-state index < -0.39 is 20.7 Å². The van der Waals surface area contributed by atoms with E-state index >= 15 is 0 Å². The molecule has 2 aromatic carbocycles. The van der Waals surface area contributed by atoms with Crippen LogP contribution in [0, 0.1) is 10.1 Å². The van der Waals surface area contributed by atoms with Crippen molar-refractivity contribution in [2.75, 3.05) is 7.11 Å². The number of nitro groups is 1. The van der Waals surface area contributed by atoms with Crippen molar-refractivity contribution < 1.29 is 27.1 Å². The Hall–Kier alpha value is -3.20. The first kappa shape index (κ1) is 23.1. The Labute approximate surface area is 175 Å². The number of hydrogen-bond acceptors (Lipinski definition) is 7. The molecule has 0 heterocycles. The van der Waals surface area contributed by atoms with Crippen LogP contribution in [0.15, 0.2) is 53.4 Å². The molecule has 2 aromatic rings. The summed E-state index contributed by atoms with van der Waals surface area (Å²) in [5.41, 5.74) is -0.575. The summed E-state index contributed by atoms with van der Waals surface area (Å²) in [5.74, 6) is -0.594. The number of nitro benzene ring substituents is 1. The minimum atomic E-state index is -4.29. The number of ether oxygens (including phenoxy) is 1. The van der Waals surface area contributed by atoms with E-state index in [1.807, 2.05) is 6.92 Å². The molecule has 0 bridgehead atoms. The SMILES string of the molecule is CCCCCC(=O)/C=C/c1c([N+](=O)[O-])ccc(OC)c1OS(=O)(=O)c1ccccc1. The number of unbranched alkanes of at least 4 members (excludes halogenated alkanes) is 2. The third-order valence-electron chi connectivity index (χ3n) is 4.24. The Morgan fingerprint density at radius 2 is 1.83 bits per heavy atom. The summed E-state index contributed by atoms with van der Waals surface area (Å²) >= 11 is 0. The smallest absolute Gasteiger partial charge is 0.339 e. The van der Waals surface area contributed by atoms with Gasteiger partial charge in [-0.1, -0.05) is 38.0 Å².